The SMILES string of the molecule is CCCC(N)=N/C=C/c1ccc(Cl)c(Cl)c1.Cl. The van der Waals surface area contributed by atoms with Gasteiger partial charge in [-0.2, -0.15) is 0 Å². The maximum absolute atomic E-state index is 5.88. The van der Waals surface area contributed by atoms with Crippen molar-refractivity contribution in [3.05, 3.63) is 40.0 Å². The van der Waals surface area contributed by atoms with Crippen LogP contribution in [0, 0.1) is 0 Å². The minimum atomic E-state index is 0. The molecule has 0 unspecified atom stereocenters. The van der Waals surface area contributed by atoms with Gasteiger partial charge in [-0.3, -0.25) is 0 Å². The average Bonchev–Trinajstić information content (AvgIpc) is 2.24. The summed E-state index contributed by atoms with van der Waals surface area (Å²) in [6, 6.07) is 5.41. The van der Waals surface area contributed by atoms with E-state index < -0.39 is 0 Å². The van der Waals surface area contributed by atoms with Crippen molar-refractivity contribution in [2.75, 3.05) is 0 Å². The molecule has 0 saturated carbocycles. The Bertz CT molecular complexity index is 414. The van der Waals surface area contributed by atoms with Gasteiger partial charge in [-0.15, -0.1) is 12.4 Å². The smallest absolute Gasteiger partial charge is 0.0988 e. The van der Waals surface area contributed by atoms with Gasteiger partial charge in [0.2, 0.25) is 0 Å². The summed E-state index contributed by atoms with van der Waals surface area (Å²) in [6.07, 6.45) is 5.32. The van der Waals surface area contributed by atoms with Gasteiger partial charge in [-0.1, -0.05) is 36.2 Å². The molecule has 0 aliphatic carbocycles. The zero-order chi connectivity index (χ0) is 12.0. The highest BCUT2D eigenvalue weighted by atomic mass is 35.5. The van der Waals surface area contributed by atoms with E-state index in [9.17, 15) is 0 Å². The van der Waals surface area contributed by atoms with Crippen LogP contribution in [0.25, 0.3) is 6.08 Å². The van der Waals surface area contributed by atoms with Crippen molar-refractivity contribution >= 4 is 47.5 Å². The summed E-state index contributed by atoms with van der Waals surface area (Å²) < 4.78 is 0. The molecule has 94 valence electrons. The summed E-state index contributed by atoms with van der Waals surface area (Å²) in [5.74, 6) is 0.638. The first-order valence-corrected chi connectivity index (χ1v) is 5.83. The predicted molar refractivity (Wildman–Crippen MR) is 79.3 cm³/mol. The van der Waals surface area contributed by atoms with Gasteiger partial charge in [0.05, 0.1) is 15.9 Å². The van der Waals surface area contributed by atoms with Gasteiger partial charge in [0.25, 0.3) is 0 Å². The quantitative estimate of drug-likeness (QED) is 0.642. The van der Waals surface area contributed by atoms with E-state index in [4.69, 9.17) is 28.9 Å². The van der Waals surface area contributed by atoms with E-state index in [0.717, 1.165) is 18.4 Å². The van der Waals surface area contributed by atoms with Crippen LogP contribution in [0.3, 0.4) is 0 Å². The van der Waals surface area contributed by atoms with Gasteiger partial charge in [0, 0.05) is 12.6 Å². The molecule has 0 fully saturated rings. The van der Waals surface area contributed by atoms with E-state index in [0.29, 0.717) is 15.9 Å². The maximum atomic E-state index is 5.88. The number of halogens is 3. The number of rotatable bonds is 4. The van der Waals surface area contributed by atoms with E-state index in [1.54, 1.807) is 18.3 Å². The molecule has 17 heavy (non-hydrogen) atoms. The molecule has 0 atom stereocenters. The number of hydrogen-bond donors (Lipinski definition) is 1. The van der Waals surface area contributed by atoms with Gasteiger partial charge >= 0.3 is 0 Å². The first kappa shape index (κ1) is 16.3. The fourth-order valence-electron chi connectivity index (χ4n) is 1.16. The van der Waals surface area contributed by atoms with Crippen molar-refractivity contribution < 1.29 is 0 Å². The fourth-order valence-corrected chi connectivity index (χ4v) is 1.46. The molecule has 0 spiro atoms. The Labute approximate surface area is 118 Å². The number of hydrogen-bond acceptors (Lipinski definition) is 1. The van der Waals surface area contributed by atoms with Crippen molar-refractivity contribution in [3.63, 3.8) is 0 Å². The minimum absolute atomic E-state index is 0. The molecule has 0 aliphatic heterocycles. The van der Waals surface area contributed by atoms with Gasteiger partial charge < -0.3 is 5.73 Å². The molecular formula is C12H15Cl3N2. The van der Waals surface area contributed by atoms with Crippen LogP contribution in [0.4, 0.5) is 0 Å². The van der Waals surface area contributed by atoms with Gasteiger partial charge in [0.15, 0.2) is 0 Å². The number of aliphatic imine (C=N–C) groups is 1. The Morgan fingerprint density at radius 3 is 2.65 bits per heavy atom. The first-order valence-electron chi connectivity index (χ1n) is 5.07. The highest BCUT2D eigenvalue weighted by Gasteiger charge is 1.96. The average molecular weight is 294 g/mol. The van der Waals surface area contributed by atoms with Crippen molar-refractivity contribution in [2.24, 2.45) is 10.7 Å². The molecular weight excluding hydrogens is 279 g/mol. The maximum Gasteiger partial charge on any atom is 0.0988 e. The predicted octanol–water partition coefficient (Wildman–Crippen LogP) is 4.54. The van der Waals surface area contributed by atoms with Crippen molar-refractivity contribution in [3.8, 4) is 0 Å². The fraction of sp³-hybridized carbons (Fsp3) is 0.250. The van der Waals surface area contributed by atoms with Gasteiger partial charge in [-0.05, 0) is 30.2 Å². The van der Waals surface area contributed by atoms with Crippen LogP contribution >= 0.6 is 35.6 Å². The summed E-state index contributed by atoms with van der Waals surface area (Å²) in [4.78, 5) is 4.10. The summed E-state index contributed by atoms with van der Waals surface area (Å²) in [5.41, 5.74) is 6.60. The van der Waals surface area contributed by atoms with Crippen LogP contribution in [-0.4, -0.2) is 5.84 Å². The third-order valence-corrected chi connectivity index (χ3v) is 2.70. The van der Waals surface area contributed by atoms with Crippen LogP contribution < -0.4 is 5.73 Å². The second-order valence-electron chi connectivity index (χ2n) is 3.36. The summed E-state index contributed by atoms with van der Waals surface area (Å²) in [6.45, 7) is 2.06. The Kier molecular flexibility index (Phi) is 8.05. The minimum Gasteiger partial charge on any atom is -0.387 e. The van der Waals surface area contributed by atoms with Crippen LogP contribution in [0.2, 0.25) is 10.0 Å². The molecule has 0 saturated heterocycles. The molecule has 1 rings (SSSR count). The Balaban J connectivity index is 0.00000256. The Morgan fingerprint density at radius 1 is 1.35 bits per heavy atom. The van der Waals surface area contributed by atoms with E-state index in [1.165, 1.54) is 0 Å². The molecule has 1 aromatic carbocycles. The van der Waals surface area contributed by atoms with Crippen LogP contribution in [0.1, 0.15) is 25.3 Å². The molecule has 2 N–H and O–H groups in total. The van der Waals surface area contributed by atoms with Crippen molar-refractivity contribution in [1.29, 1.82) is 0 Å². The Morgan fingerprint density at radius 2 is 2.06 bits per heavy atom. The van der Waals surface area contributed by atoms with E-state index >= 15 is 0 Å². The lowest BCUT2D eigenvalue weighted by Gasteiger charge is -1.97. The molecule has 0 heterocycles. The molecule has 0 aliphatic rings. The zero-order valence-corrected chi connectivity index (χ0v) is 11.8. The third kappa shape index (κ3) is 5.97. The van der Waals surface area contributed by atoms with Crippen molar-refractivity contribution in [2.45, 2.75) is 19.8 Å². The molecule has 0 radical (unpaired) electrons. The summed E-state index contributed by atoms with van der Waals surface area (Å²) in [7, 11) is 0. The molecule has 2 nitrogen and oxygen atoms in total. The monoisotopic (exact) mass is 292 g/mol. The molecule has 5 heteroatoms. The number of benzene rings is 1. The highest BCUT2D eigenvalue weighted by molar-refractivity contribution is 6.42. The zero-order valence-electron chi connectivity index (χ0n) is 9.49. The standard InChI is InChI=1S/C12H14Cl2N2.ClH/c1-2-3-12(15)16-7-6-9-4-5-10(13)11(14)8-9;/h4-8H,2-3H2,1H3,(H2,15,16);1H/b7-6+;. The van der Waals surface area contributed by atoms with E-state index in [1.807, 2.05) is 12.1 Å². The molecule has 1 aromatic rings. The van der Waals surface area contributed by atoms with Crippen LogP contribution in [-0.2, 0) is 0 Å². The summed E-state index contributed by atoms with van der Waals surface area (Å²) >= 11 is 11.7. The van der Waals surface area contributed by atoms with Crippen LogP contribution in [0.5, 0.6) is 0 Å². The second kappa shape index (κ2) is 8.40. The highest BCUT2D eigenvalue weighted by Crippen LogP contribution is 2.23. The lowest BCUT2D eigenvalue weighted by molar-refractivity contribution is 0.983. The van der Waals surface area contributed by atoms with Gasteiger partial charge in [-0.25, -0.2) is 4.99 Å². The summed E-state index contributed by atoms with van der Waals surface area (Å²) in [5, 5.41) is 1.09. The molecule has 0 bridgehead atoms. The van der Waals surface area contributed by atoms with E-state index in [2.05, 4.69) is 11.9 Å². The number of nitrogens with two attached hydrogens (primary N) is 1. The normalized spacial score (nSPS) is 11.6. The second-order valence-corrected chi connectivity index (χ2v) is 4.17. The largest absolute Gasteiger partial charge is 0.387 e. The topological polar surface area (TPSA) is 38.4 Å². The molecule has 0 amide bonds. The lowest BCUT2D eigenvalue weighted by Crippen LogP contribution is -2.09. The Hall–Kier alpha value is -0.700. The third-order valence-electron chi connectivity index (χ3n) is 1.96. The van der Waals surface area contributed by atoms with Crippen LogP contribution in [0.15, 0.2) is 29.4 Å². The van der Waals surface area contributed by atoms with Gasteiger partial charge in [0.1, 0.15) is 0 Å². The first-order chi connectivity index (χ1) is 7.63. The number of amidine groups is 1. The lowest BCUT2D eigenvalue weighted by atomic mass is 10.2. The van der Waals surface area contributed by atoms with E-state index in [-0.39, 0.29) is 12.4 Å². The number of nitrogens with zero attached hydrogens (tertiary/aromatic N) is 1. The molecule has 0 aromatic heterocycles. The van der Waals surface area contributed by atoms with Crippen molar-refractivity contribution in [1.82, 2.24) is 0 Å².